The van der Waals surface area contributed by atoms with Crippen molar-refractivity contribution >= 4 is 21.6 Å². The van der Waals surface area contributed by atoms with Gasteiger partial charge in [-0.25, -0.2) is 8.42 Å². The summed E-state index contributed by atoms with van der Waals surface area (Å²) in [4.78, 5) is 11.5. The van der Waals surface area contributed by atoms with Gasteiger partial charge in [-0.05, 0) is 43.4 Å². The summed E-state index contributed by atoms with van der Waals surface area (Å²) in [6.45, 7) is 3.68. The smallest absolute Gasteiger partial charge is 0.243 e. The van der Waals surface area contributed by atoms with E-state index in [4.69, 9.17) is 4.74 Å². The van der Waals surface area contributed by atoms with Crippen LogP contribution in [0.15, 0.2) is 53.4 Å². The van der Waals surface area contributed by atoms with E-state index in [0.717, 1.165) is 18.4 Å². The van der Waals surface area contributed by atoms with E-state index in [1.807, 2.05) is 37.3 Å². The lowest BCUT2D eigenvalue weighted by atomic mass is 10.2. The Morgan fingerprint density at radius 3 is 2.46 bits per heavy atom. The van der Waals surface area contributed by atoms with Crippen molar-refractivity contribution < 1.29 is 17.9 Å². The molecule has 1 aliphatic rings. The van der Waals surface area contributed by atoms with Crippen LogP contribution in [0.3, 0.4) is 0 Å². The Balaban J connectivity index is 1.97. The van der Waals surface area contributed by atoms with Crippen LogP contribution >= 0.6 is 0 Å². The Hall–Kier alpha value is -2.38. The van der Waals surface area contributed by atoms with E-state index < -0.39 is 10.0 Å². The zero-order valence-electron chi connectivity index (χ0n) is 16.4. The number of benzene rings is 2. The van der Waals surface area contributed by atoms with Crippen LogP contribution in [0, 0.1) is 5.92 Å². The van der Waals surface area contributed by atoms with Crippen LogP contribution in [-0.4, -0.2) is 31.8 Å². The quantitative estimate of drug-likeness (QED) is 0.731. The van der Waals surface area contributed by atoms with Gasteiger partial charge in [-0.15, -0.1) is 0 Å². The molecule has 1 saturated carbocycles. The number of carbonyl (C=O) groups is 1. The van der Waals surface area contributed by atoms with Crippen LogP contribution in [0.2, 0.25) is 0 Å². The molecule has 1 atom stereocenters. The van der Waals surface area contributed by atoms with Crippen molar-refractivity contribution in [3.8, 4) is 5.75 Å². The van der Waals surface area contributed by atoms with Crippen molar-refractivity contribution in [1.82, 2.24) is 4.31 Å². The van der Waals surface area contributed by atoms with Crippen LogP contribution < -0.4 is 10.1 Å². The first-order valence-electron chi connectivity index (χ1n) is 9.34. The van der Waals surface area contributed by atoms with Gasteiger partial charge in [-0.3, -0.25) is 4.79 Å². The molecule has 150 valence electrons. The number of rotatable bonds is 8. The molecule has 0 radical (unpaired) electrons. The molecule has 0 unspecified atom stereocenters. The molecular weight excluding hydrogens is 376 g/mol. The number of hydrogen-bond acceptors (Lipinski definition) is 4. The van der Waals surface area contributed by atoms with Gasteiger partial charge in [0, 0.05) is 25.6 Å². The lowest BCUT2D eigenvalue weighted by Gasteiger charge is -2.29. The third-order valence-corrected chi connectivity index (χ3v) is 6.96. The Bertz CT molecular complexity index is 940. The molecule has 0 spiro atoms. The lowest BCUT2D eigenvalue weighted by Crippen LogP contribution is -2.39. The zero-order chi connectivity index (χ0) is 20.3. The molecule has 3 rings (SSSR count). The number of nitrogens with one attached hydrogen (secondary N) is 1. The molecule has 1 amide bonds. The predicted octanol–water partition coefficient (Wildman–Crippen LogP) is 3.64. The van der Waals surface area contributed by atoms with Gasteiger partial charge in [-0.2, -0.15) is 4.31 Å². The molecule has 2 aromatic rings. The fraction of sp³-hybridized carbons (Fsp3) is 0.381. The van der Waals surface area contributed by atoms with Crippen LogP contribution in [-0.2, 0) is 21.4 Å². The molecule has 0 heterocycles. The number of anilines is 1. The molecule has 28 heavy (non-hydrogen) atoms. The summed E-state index contributed by atoms with van der Waals surface area (Å²) in [7, 11) is -2.29. The molecule has 1 fully saturated rings. The normalized spacial score (nSPS) is 15.3. The van der Waals surface area contributed by atoms with Gasteiger partial charge in [0.25, 0.3) is 0 Å². The number of ether oxygens (including phenoxy) is 1. The van der Waals surface area contributed by atoms with E-state index in [1.165, 1.54) is 26.2 Å². The number of hydrogen-bond donors (Lipinski definition) is 1. The minimum absolute atomic E-state index is 0.0915. The largest absolute Gasteiger partial charge is 0.495 e. The second-order valence-electron chi connectivity index (χ2n) is 7.16. The average molecular weight is 403 g/mol. The summed E-state index contributed by atoms with van der Waals surface area (Å²) in [5.74, 6) is 0.455. The molecule has 2 aromatic carbocycles. The van der Waals surface area contributed by atoms with Crippen molar-refractivity contribution in [2.75, 3.05) is 12.4 Å². The number of nitrogens with zero attached hydrogens (tertiary/aromatic N) is 1. The fourth-order valence-electron chi connectivity index (χ4n) is 3.29. The molecule has 0 aromatic heterocycles. The standard InChI is InChI=1S/C21H26N2O4S/c1-15(18-9-10-18)23(14-17-7-5-4-6-8-17)28(25,26)19-11-12-20(22-16(2)24)21(13-19)27-3/h4-8,11-13,15,18H,9-10,14H2,1-3H3,(H,22,24)/t15-/m1/s1. The number of methoxy groups -OCH3 is 1. The van der Waals surface area contributed by atoms with E-state index >= 15 is 0 Å². The molecule has 7 heteroatoms. The summed E-state index contributed by atoms with van der Waals surface area (Å²) in [6, 6.07) is 14.1. The first-order valence-corrected chi connectivity index (χ1v) is 10.8. The van der Waals surface area contributed by atoms with Gasteiger partial charge in [0.15, 0.2) is 0 Å². The third-order valence-electron chi connectivity index (χ3n) is 5.03. The van der Waals surface area contributed by atoms with E-state index in [2.05, 4.69) is 5.32 Å². The van der Waals surface area contributed by atoms with E-state index in [0.29, 0.717) is 23.9 Å². The molecule has 0 saturated heterocycles. The highest BCUT2D eigenvalue weighted by Gasteiger charge is 2.38. The summed E-state index contributed by atoms with van der Waals surface area (Å²) in [6.07, 6.45) is 2.10. The maximum absolute atomic E-state index is 13.5. The SMILES string of the molecule is COc1cc(S(=O)(=O)N(Cc2ccccc2)[C@H](C)C2CC2)ccc1NC(C)=O. The molecule has 1 aliphatic carbocycles. The van der Waals surface area contributed by atoms with Gasteiger partial charge in [0.1, 0.15) is 5.75 Å². The number of sulfonamides is 1. The Morgan fingerprint density at radius 1 is 1.21 bits per heavy atom. The summed E-state index contributed by atoms with van der Waals surface area (Å²) < 4.78 is 33.9. The highest BCUT2D eigenvalue weighted by atomic mass is 32.2. The second kappa shape index (κ2) is 8.32. The van der Waals surface area contributed by atoms with Crippen molar-refractivity contribution in [2.24, 2.45) is 5.92 Å². The maximum Gasteiger partial charge on any atom is 0.243 e. The average Bonchev–Trinajstić information content (AvgIpc) is 3.51. The molecular formula is C21H26N2O4S. The van der Waals surface area contributed by atoms with E-state index in [9.17, 15) is 13.2 Å². The van der Waals surface area contributed by atoms with Gasteiger partial charge >= 0.3 is 0 Å². The molecule has 0 aliphatic heterocycles. The van der Waals surface area contributed by atoms with Crippen LogP contribution in [0.25, 0.3) is 0 Å². The summed E-state index contributed by atoms with van der Waals surface area (Å²) in [5, 5.41) is 2.65. The van der Waals surface area contributed by atoms with Crippen LogP contribution in [0.1, 0.15) is 32.3 Å². The van der Waals surface area contributed by atoms with Crippen molar-refractivity contribution in [2.45, 2.75) is 44.2 Å². The lowest BCUT2D eigenvalue weighted by molar-refractivity contribution is -0.114. The zero-order valence-corrected chi connectivity index (χ0v) is 17.2. The second-order valence-corrected chi connectivity index (χ2v) is 9.05. The topological polar surface area (TPSA) is 75.7 Å². The van der Waals surface area contributed by atoms with E-state index in [1.54, 1.807) is 10.4 Å². The van der Waals surface area contributed by atoms with Crippen molar-refractivity contribution in [3.63, 3.8) is 0 Å². The molecule has 6 nitrogen and oxygen atoms in total. The Kier molecular flexibility index (Phi) is 6.05. The number of carbonyl (C=O) groups excluding carboxylic acids is 1. The first-order chi connectivity index (χ1) is 13.3. The van der Waals surface area contributed by atoms with Gasteiger partial charge in [-0.1, -0.05) is 30.3 Å². The summed E-state index contributed by atoms with van der Waals surface area (Å²) >= 11 is 0. The molecule has 0 bridgehead atoms. The van der Waals surface area contributed by atoms with Gasteiger partial charge < -0.3 is 10.1 Å². The fourth-order valence-corrected chi connectivity index (χ4v) is 4.98. The Labute approximate surface area is 166 Å². The van der Waals surface area contributed by atoms with Crippen molar-refractivity contribution in [1.29, 1.82) is 0 Å². The monoisotopic (exact) mass is 402 g/mol. The first kappa shape index (κ1) is 20.4. The summed E-state index contributed by atoms with van der Waals surface area (Å²) in [5.41, 5.74) is 1.39. The highest BCUT2D eigenvalue weighted by molar-refractivity contribution is 7.89. The van der Waals surface area contributed by atoms with E-state index in [-0.39, 0.29) is 16.8 Å². The van der Waals surface area contributed by atoms with Crippen LogP contribution in [0.4, 0.5) is 5.69 Å². The molecule has 1 N–H and O–H groups in total. The predicted molar refractivity (Wildman–Crippen MR) is 109 cm³/mol. The third kappa shape index (κ3) is 4.54. The number of amides is 1. The minimum Gasteiger partial charge on any atom is -0.495 e. The van der Waals surface area contributed by atoms with Gasteiger partial charge in [0.2, 0.25) is 15.9 Å². The minimum atomic E-state index is -3.74. The van der Waals surface area contributed by atoms with Gasteiger partial charge in [0.05, 0.1) is 17.7 Å². The van der Waals surface area contributed by atoms with Crippen molar-refractivity contribution in [3.05, 3.63) is 54.1 Å². The Morgan fingerprint density at radius 2 is 1.89 bits per heavy atom. The highest BCUT2D eigenvalue weighted by Crippen LogP contribution is 2.38. The maximum atomic E-state index is 13.5. The van der Waals surface area contributed by atoms with Crippen LogP contribution in [0.5, 0.6) is 5.75 Å².